The van der Waals surface area contributed by atoms with Crippen LogP contribution in [0.25, 0.3) is 0 Å². The molecule has 0 aliphatic heterocycles. The summed E-state index contributed by atoms with van der Waals surface area (Å²) in [5.41, 5.74) is 2.10. The highest BCUT2D eigenvalue weighted by Crippen LogP contribution is 2.27. The largest absolute Gasteiger partial charge is 0.461 e. The molecule has 0 amide bonds. The van der Waals surface area contributed by atoms with Crippen molar-refractivity contribution in [3.63, 3.8) is 0 Å². The predicted molar refractivity (Wildman–Crippen MR) is 63.1 cm³/mol. The van der Waals surface area contributed by atoms with Gasteiger partial charge in [0.25, 0.3) is 0 Å². The number of carbonyl (C=O) groups is 1. The maximum absolute atomic E-state index is 11.5. The fraction of sp³-hybridized carbons (Fsp3) is 0.462. The lowest BCUT2D eigenvalue weighted by Gasteiger charge is -2.23. The van der Waals surface area contributed by atoms with Crippen LogP contribution in [-0.2, 0) is 16.1 Å². The Morgan fingerprint density at radius 1 is 1.38 bits per heavy atom. The van der Waals surface area contributed by atoms with Crippen LogP contribution in [0.1, 0.15) is 24.8 Å². The molecule has 1 aliphatic carbocycles. The first-order valence-corrected chi connectivity index (χ1v) is 5.73. The van der Waals surface area contributed by atoms with Gasteiger partial charge in [-0.1, -0.05) is 18.6 Å². The topological polar surface area (TPSA) is 38.3 Å². The summed E-state index contributed by atoms with van der Waals surface area (Å²) in [5.74, 6) is 0.125. The maximum atomic E-state index is 11.5. The lowest BCUT2D eigenvalue weighted by atomic mass is 9.86. The summed E-state index contributed by atoms with van der Waals surface area (Å²) >= 11 is 0. The third-order valence-corrected chi connectivity index (χ3v) is 3.06. The Morgan fingerprint density at radius 3 is 2.56 bits per heavy atom. The van der Waals surface area contributed by atoms with E-state index >= 15 is 0 Å². The van der Waals surface area contributed by atoms with E-state index in [0.29, 0.717) is 6.61 Å². The summed E-state index contributed by atoms with van der Waals surface area (Å²) in [5, 5.41) is 3.05. The zero-order valence-electron chi connectivity index (χ0n) is 9.53. The lowest BCUT2D eigenvalue weighted by Crippen LogP contribution is -2.23. The molecule has 0 atom stereocenters. The van der Waals surface area contributed by atoms with Gasteiger partial charge < -0.3 is 10.1 Å². The third kappa shape index (κ3) is 2.54. The van der Waals surface area contributed by atoms with E-state index in [1.807, 2.05) is 31.3 Å². The summed E-state index contributed by atoms with van der Waals surface area (Å²) in [7, 11) is 1.88. The van der Waals surface area contributed by atoms with Gasteiger partial charge in [0.2, 0.25) is 0 Å². The van der Waals surface area contributed by atoms with E-state index in [2.05, 4.69) is 5.32 Å². The number of ether oxygens (including phenoxy) is 1. The standard InChI is InChI=1S/C13H17NO2/c1-14-12-7-5-10(6-8-12)9-16-13(15)11-3-2-4-11/h5-8,11,14H,2-4,9H2,1H3. The normalized spacial score (nSPS) is 15.3. The number of esters is 1. The van der Waals surface area contributed by atoms with Crippen molar-refractivity contribution in [3.05, 3.63) is 29.8 Å². The van der Waals surface area contributed by atoms with E-state index in [9.17, 15) is 4.79 Å². The highest BCUT2D eigenvalue weighted by molar-refractivity contribution is 5.73. The van der Waals surface area contributed by atoms with E-state index in [-0.39, 0.29) is 11.9 Å². The van der Waals surface area contributed by atoms with Crippen molar-refractivity contribution in [1.29, 1.82) is 0 Å². The number of carbonyl (C=O) groups excluding carboxylic acids is 1. The van der Waals surface area contributed by atoms with Crippen molar-refractivity contribution in [1.82, 2.24) is 0 Å². The Morgan fingerprint density at radius 2 is 2.06 bits per heavy atom. The minimum absolute atomic E-state index is 0.0380. The molecule has 1 saturated carbocycles. The second-order valence-electron chi connectivity index (χ2n) is 4.18. The molecule has 1 aromatic rings. The van der Waals surface area contributed by atoms with E-state index in [4.69, 9.17) is 4.74 Å². The molecule has 0 unspecified atom stereocenters. The summed E-state index contributed by atoms with van der Waals surface area (Å²) in [6.07, 6.45) is 3.16. The van der Waals surface area contributed by atoms with Crippen LogP contribution in [0.3, 0.4) is 0 Å². The monoisotopic (exact) mass is 219 g/mol. The number of benzene rings is 1. The second-order valence-corrected chi connectivity index (χ2v) is 4.18. The van der Waals surface area contributed by atoms with Gasteiger partial charge in [-0.3, -0.25) is 4.79 Å². The maximum Gasteiger partial charge on any atom is 0.309 e. The van der Waals surface area contributed by atoms with Gasteiger partial charge in [0.05, 0.1) is 5.92 Å². The van der Waals surface area contributed by atoms with E-state index in [0.717, 1.165) is 30.5 Å². The molecular formula is C13H17NO2. The van der Waals surface area contributed by atoms with Gasteiger partial charge in [-0.2, -0.15) is 0 Å². The summed E-state index contributed by atoms with van der Waals surface area (Å²) in [6.45, 7) is 0.388. The predicted octanol–water partition coefficient (Wildman–Crippen LogP) is 2.57. The number of nitrogens with one attached hydrogen (secondary N) is 1. The Kier molecular flexibility index (Phi) is 3.44. The highest BCUT2D eigenvalue weighted by atomic mass is 16.5. The zero-order valence-corrected chi connectivity index (χ0v) is 9.53. The minimum Gasteiger partial charge on any atom is -0.461 e. The van der Waals surface area contributed by atoms with Crippen molar-refractivity contribution in [3.8, 4) is 0 Å². The first-order valence-electron chi connectivity index (χ1n) is 5.73. The molecule has 0 spiro atoms. The number of hydrogen-bond acceptors (Lipinski definition) is 3. The quantitative estimate of drug-likeness (QED) is 0.791. The van der Waals surface area contributed by atoms with Gasteiger partial charge in [0.1, 0.15) is 6.61 Å². The fourth-order valence-corrected chi connectivity index (χ4v) is 1.68. The molecule has 3 heteroatoms. The first kappa shape index (κ1) is 11.0. The molecule has 1 aliphatic rings. The Hall–Kier alpha value is -1.51. The van der Waals surface area contributed by atoms with Crippen LogP contribution in [-0.4, -0.2) is 13.0 Å². The molecular weight excluding hydrogens is 202 g/mol. The molecule has 1 fully saturated rings. The highest BCUT2D eigenvalue weighted by Gasteiger charge is 2.26. The molecule has 0 radical (unpaired) electrons. The Balaban J connectivity index is 1.81. The van der Waals surface area contributed by atoms with Gasteiger partial charge in [0, 0.05) is 12.7 Å². The molecule has 1 N–H and O–H groups in total. The van der Waals surface area contributed by atoms with Crippen molar-refractivity contribution in [2.45, 2.75) is 25.9 Å². The summed E-state index contributed by atoms with van der Waals surface area (Å²) < 4.78 is 5.25. The smallest absolute Gasteiger partial charge is 0.309 e. The SMILES string of the molecule is CNc1ccc(COC(=O)C2CCC2)cc1. The number of rotatable bonds is 4. The second kappa shape index (κ2) is 5.01. The van der Waals surface area contributed by atoms with Crippen molar-refractivity contribution < 1.29 is 9.53 Å². The third-order valence-electron chi connectivity index (χ3n) is 3.06. The average molecular weight is 219 g/mol. The van der Waals surface area contributed by atoms with E-state index in [1.54, 1.807) is 0 Å². The van der Waals surface area contributed by atoms with Crippen LogP contribution >= 0.6 is 0 Å². The summed E-state index contributed by atoms with van der Waals surface area (Å²) in [6, 6.07) is 7.90. The molecule has 86 valence electrons. The lowest BCUT2D eigenvalue weighted by molar-refractivity contribution is -0.152. The first-order chi connectivity index (χ1) is 7.79. The van der Waals surface area contributed by atoms with Crippen molar-refractivity contribution >= 4 is 11.7 Å². The van der Waals surface area contributed by atoms with Crippen LogP contribution in [0.15, 0.2) is 24.3 Å². The van der Waals surface area contributed by atoms with Gasteiger partial charge in [0.15, 0.2) is 0 Å². The average Bonchev–Trinajstić information content (AvgIpc) is 2.25. The number of hydrogen-bond donors (Lipinski definition) is 1. The van der Waals surface area contributed by atoms with Crippen LogP contribution < -0.4 is 5.32 Å². The zero-order chi connectivity index (χ0) is 11.4. The molecule has 0 heterocycles. The van der Waals surface area contributed by atoms with Crippen molar-refractivity contribution in [2.75, 3.05) is 12.4 Å². The van der Waals surface area contributed by atoms with Crippen LogP contribution in [0.5, 0.6) is 0 Å². The van der Waals surface area contributed by atoms with Gasteiger partial charge in [-0.15, -0.1) is 0 Å². The molecule has 3 nitrogen and oxygen atoms in total. The molecule has 0 saturated heterocycles. The van der Waals surface area contributed by atoms with Gasteiger partial charge in [-0.05, 0) is 30.5 Å². The van der Waals surface area contributed by atoms with Crippen LogP contribution in [0.2, 0.25) is 0 Å². The van der Waals surface area contributed by atoms with Crippen molar-refractivity contribution in [2.24, 2.45) is 5.92 Å². The van der Waals surface area contributed by atoms with Crippen LogP contribution in [0, 0.1) is 5.92 Å². The van der Waals surface area contributed by atoms with E-state index in [1.165, 1.54) is 0 Å². The van der Waals surface area contributed by atoms with Gasteiger partial charge >= 0.3 is 5.97 Å². The van der Waals surface area contributed by atoms with Crippen LogP contribution in [0.4, 0.5) is 5.69 Å². The van der Waals surface area contributed by atoms with E-state index < -0.39 is 0 Å². The molecule has 0 aromatic heterocycles. The Labute approximate surface area is 95.8 Å². The fourth-order valence-electron chi connectivity index (χ4n) is 1.68. The molecule has 2 rings (SSSR count). The molecule has 1 aromatic carbocycles. The summed E-state index contributed by atoms with van der Waals surface area (Å²) in [4.78, 5) is 11.5. The Bertz CT molecular complexity index is 355. The molecule has 16 heavy (non-hydrogen) atoms. The van der Waals surface area contributed by atoms with Gasteiger partial charge in [-0.25, -0.2) is 0 Å². The minimum atomic E-state index is -0.0380. The number of anilines is 1. The molecule has 0 bridgehead atoms.